The van der Waals surface area contributed by atoms with E-state index in [0.717, 1.165) is 32.1 Å². The van der Waals surface area contributed by atoms with Crippen LogP contribution in [-0.2, 0) is 22.4 Å². The van der Waals surface area contributed by atoms with E-state index in [1.807, 2.05) is 6.92 Å². The topological polar surface area (TPSA) is 67.8 Å². The van der Waals surface area contributed by atoms with E-state index < -0.39 is 18.1 Å². The van der Waals surface area contributed by atoms with E-state index in [2.05, 4.69) is 43.4 Å². The molecular formula is C30H41Cl2NO4. The molecule has 0 amide bonds. The number of carbonyl (C=O) groups excluding carboxylic acids is 1. The lowest BCUT2D eigenvalue weighted by Gasteiger charge is -2.37. The molecule has 0 bridgehead atoms. The minimum absolute atomic E-state index is 0.0424. The number of rotatable bonds is 13. The van der Waals surface area contributed by atoms with Crippen LogP contribution in [-0.4, -0.2) is 42.0 Å². The molecule has 3 rings (SSSR count). The highest BCUT2D eigenvalue weighted by atomic mass is 35.5. The lowest BCUT2D eigenvalue weighted by Crippen LogP contribution is -2.51. The summed E-state index contributed by atoms with van der Waals surface area (Å²) < 4.78 is 11.1. The third kappa shape index (κ3) is 7.20. The van der Waals surface area contributed by atoms with Crippen LogP contribution in [0.25, 0.3) is 0 Å². The van der Waals surface area contributed by atoms with Crippen molar-refractivity contribution in [1.29, 1.82) is 0 Å². The summed E-state index contributed by atoms with van der Waals surface area (Å²) in [6.45, 7) is 10.4. The van der Waals surface area contributed by atoms with E-state index in [0.29, 0.717) is 30.4 Å². The molecule has 1 aliphatic rings. The maximum absolute atomic E-state index is 12.1. The number of hydrogen-bond acceptors (Lipinski definition) is 5. The van der Waals surface area contributed by atoms with Crippen molar-refractivity contribution >= 4 is 29.2 Å². The third-order valence-corrected chi connectivity index (χ3v) is 8.77. The van der Waals surface area contributed by atoms with Gasteiger partial charge in [0.25, 0.3) is 0 Å². The number of nitrogens with one attached hydrogen (secondary N) is 1. The largest absolute Gasteiger partial charge is 0.486 e. The second kappa shape index (κ2) is 13.3. The van der Waals surface area contributed by atoms with E-state index in [1.54, 1.807) is 26.0 Å². The molecular weight excluding hydrogens is 509 g/mol. The van der Waals surface area contributed by atoms with Gasteiger partial charge in [0.05, 0.1) is 17.5 Å². The monoisotopic (exact) mass is 549 g/mol. The predicted molar refractivity (Wildman–Crippen MR) is 151 cm³/mol. The number of fused-ring (bicyclic) bond motifs is 1. The Kier molecular flexibility index (Phi) is 10.7. The summed E-state index contributed by atoms with van der Waals surface area (Å²) in [5, 5.41) is 15.1. The third-order valence-electron chi connectivity index (χ3n) is 7.89. The van der Waals surface area contributed by atoms with E-state index in [1.165, 1.54) is 11.1 Å². The molecule has 1 unspecified atom stereocenters. The summed E-state index contributed by atoms with van der Waals surface area (Å²) in [4.78, 5) is 12.1. The van der Waals surface area contributed by atoms with Crippen LogP contribution in [0.2, 0.25) is 10.0 Å². The first-order valence-corrected chi connectivity index (χ1v) is 14.2. The highest BCUT2D eigenvalue weighted by molar-refractivity contribution is 6.43. The predicted octanol–water partition coefficient (Wildman–Crippen LogP) is 6.74. The molecule has 0 saturated carbocycles. The standard InChI is InChI=1S/C30H41Cl2NO4/c1-6-30(7-2,17-21-15-22-11-9-10-12-23(22)16-21)33-18-25(34)20(5)37-26-14-13-24(27(31)28(26)32)19(4)29(35)36-8-3/h9-14,19-21,25,33-34H,6-8,15-18H2,1-5H3/t19?,20-,25+/m1/s1. The molecule has 1 aliphatic carbocycles. The molecule has 37 heavy (non-hydrogen) atoms. The van der Waals surface area contributed by atoms with Crippen molar-refractivity contribution in [3.63, 3.8) is 0 Å². The Morgan fingerprint density at radius 3 is 2.24 bits per heavy atom. The van der Waals surface area contributed by atoms with E-state index in [4.69, 9.17) is 32.7 Å². The molecule has 0 fully saturated rings. The number of β-amino-alcohol motifs (C(OH)–C–C–N with tert-alkyl or cyclic N) is 1. The van der Waals surface area contributed by atoms with Crippen LogP contribution in [0.1, 0.15) is 76.5 Å². The molecule has 0 heterocycles. The van der Waals surface area contributed by atoms with Crippen molar-refractivity contribution in [3.05, 3.63) is 63.1 Å². The molecule has 0 aromatic heterocycles. The molecule has 7 heteroatoms. The number of esters is 1. The Balaban J connectivity index is 1.60. The molecule has 0 aliphatic heterocycles. The first-order valence-electron chi connectivity index (χ1n) is 13.5. The van der Waals surface area contributed by atoms with Crippen molar-refractivity contribution in [2.75, 3.05) is 13.2 Å². The van der Waals surface area contributed by atoms with Gasteiger partial charge in [-0.3, -0.25) is 4.79 Å². The number of carbonyl (C=O) groups is 1. The van der Waals surface area contributed by atoms with Crippen LogP contribution < -0.4 is 10.1 Å². The van der Waals surface area contributed by atoms with E-state index in [9.17, 15) is 9.90 Å². The number of aliphatic hydroxyl groups excluding tert-OH is 1. The van der Waals surface area contributed by atoms with Gasteiger partial charge in [-0.2, -0.15) is 0 Å². The lowest BCUT2D eigenvalue weighted by molar-refractivity contribution is -0.144. The van der Waals surface area contributed by atoms with Gasteiger partial charge in [-0.05, 0) is 81.5 Å². The fraction of sp³-hybridized carbons (Fsp3) is 0.567. The van der Waals surface area contributed by atoms with Crippen molar-refractivity contribution in [3.8, 4) is 5.75 Å². The molecule has 204 valence electrons. The summed E-state index contributed by atoms with van der Waals surface area (Å²) >= 11 is 13.0. The van der Waals surface area contributed by atoms with Gasteiger partial charge in [-0.25, -0.2) is 0 Å². The molecule has 2 N–H and O–H groups in total. The van der Waals surface area contributed by atoms with Gasteiger partial charge in [-0.1, -0.05) is 67.4 Å². The summed E-state index contributed by atoms with van der Waals surface area (Å²) in [6.07, 6.45) is 4.01. The zero-order valence-electron chi connectivity index (χ0n) is 22.7. The van der Waals surface area contributed by atoms with Crippen molar-refractivity contribution in [1.82, 2.24) is 5.32 Å². The van der Waals surface area contributed by atoms with Crippen LogP contribution in [0, 0.1) is 5.92 Å². The molecule has 5 nitrogen and oxygen atoms in total. The molecule has 0 saturated heterocycles. The Hall–Kier alpha value is -1.79. The van der Waals surface area contributed by atoms with E-state index in [-0.39, 0.29) is 21.6 Å². The average Bonchev–Trinajstić information content (AvgIpc) is 3.31. The maximum Gasteiger partial charge on any atom is 0.313 e. The highest BCUT2D eigenvalue weighted by Crippen LogP contribution is 2.39. The van der Waals surface area contributed by atoms with Crippen molar-refractivity contribution in [2.45, 2.75) is 90.4 Å². The number of halogens is 2. The van der Waals surface area contributed by atoms with Crippen LogP contribution in [0.4, 0.5) is 0 Å². The molecule has 2 aromatic carbocycles. The second-order valence-corrected chi connectivity index (χ2v) is 11.0. The van der Waals surface area contributed by atoms with Crippen LogP contribution in [0.5, 0.6) is 5.75 Å². The fourth-order valence-corrected chi connectivity index (χ4v) is 5.88. The van der Waals surface area contributed by atoms with Crippen LogP contribution in [0.3, 0.4) is 0 Å². The van der Waals surface area contributed by atoms with Gasteiger partial charge < -0.3 is 19.9 Å². The van der Waals surface area contributed by atoms with Gasteiger partial charge >= 0.3 is 5.97 Å². The maximum atomic E-state index is 12.1. The second-order valence-electron chi connectivity index (χ2n) is 10.3. The number of aliphatic hydroxyl groups is 1. The Labute approximate surface area is 231 Å². The zero-order chi connectivity index (χ0) is 27.2. The quantitative estimate of drug-likeness (QED) is 0.271. The van der Waals surface area contributed by atoms with Gasteiger partial charge in [0.1, 0.15) is 23.0 Å². The minimum atomic E-state index is -0.744. The zero-order valence-corrected chi connectivity index (χ0v) is 24.2. The van der Waals surface area contributed by atoms with Crippen molar-refractivity contribution in [2.24, 2.45) is 5.92 Å². The first-order chi connectivity index (χ1) is 17.6. The first kappa shape index (κ1) is 29.8. The summed E-state index contributed by atoms with van der Waals surface area (Å²) in [5.74, 6) is 0.0713. The number of benzene rings is 2. The van der Waals surface area contributed by atoms with Gasteiger partial charge in [0.2, 0.25) is 0 Å². The average molecular weight is 551 g/mol. The normalized spacial score (nSPS) is 16.2. The molecule has 0 spiro atoms. The lowest BCUT2D eigenvalue weighted by atomic mass is 9.81. The summed E-state index contributed by atoms with van der Waals surface area (Å²) in [5.41, 5.74) is 3.47. The van der Waals surface area contributed by atoms with Crippen LogP contribution in [0.15, 0.2) is 36.4 Å². The Morgan fingerprint density at radius 1 is 1.05 bits per heavy atom. The Bertz CT molecular complexity index is 1030. The van der Waals surface area contributed by atoms with Crippen molar-refractivity contribution < 1.29 is 19.4 Å². The molecule has 2 aromatic rings. The van der Waals surface area contributed by atoms with Crippen LogP contribution >= 0.6 is 23.2 Å². The SMILES string of the molecule is CCOC(=O)C(C)c1ccc(O[C@H](C)[C@@H](O)CNC(CC)(CC)CC2Cc3ccccc3C2)c(Cl)c1Cl. The number of ether oxygens (including phenoxy) is 2. The number of hydrogen-bond donors (Lipinski definition) is 2. The summed E-state index contributed by atoms with van der Waals surface area (Å²) in [6, 6.07) is 12.1. The Morgan fingerprint density at radius 2 is 1.68 bits per heavy atom. The smallest absolute Gasteiger partial charge is 0.313 e. The van der Waals surface area contributed by atoms with E-state index >= 15 is 0 Å². The summed E-state index contributed by atoms with van der Waals surface area (Å²) in [7, 11) is 0. The van der Waals surface area contributed by atoms with Gasteiger partial charge in [-0.15, -0.1) is 0 Å². The van der Waals surface area contributed by atoms with Gasteiger partial charge in [0, 0.05) is 12.1 Å². The minimum Gasteiger partial charge on any atom is -0.486 e. The highest BCUT2D eigenvalue weighted by Gasteiger charge is 2.33. The molecule has 3 atom stereocenters. The fourth-order valence-electron chi connectivity index (χ4n) is 5.34. The molecule has 0 radical (unpaired) electrons. The van der Waals surface area contributed by atoms with Gasteiger partial charge in [0.15, 0.2) is 0 Å².